The maximum absolute atomic E-state index is 5.79. The summed E-state index contributed by atoms with van der Waals surface area (Å²) in [4.78, 5) is 6.73. The molecule has 2 rings (SSSR count). The molecular formula is C14H23N3O. The van der Waals surface area contributed by atoms with Crippen LogP contribution in [0.25, 0.3) is 0 Å². The van der Waals surface area contributed by atoms with E-state index in [-0.39, 0.29) is 0 Å². The highest BCUT2D eigenvalue weighted by Gasteiger charge is 2.23. The number of methoxy groups -OCH3 is 1. The van der Waals surface area contributed by atoms with Gasteiger partial charge in [0.05, 0.1) is 12.8 Å². The normalized spacial score (nSPS) is 23.7. The molecule has 1 aliphatic carbocycles. The van der Waals surface area contributed by atoms with Crippen molar-refractivity contribution in [1.82, 2.24) is 4.98 Å². The van der Waals surface area contributed by atoms with Crippen molar-refractivity contribution in [1.29, 1.82) is 0 Å². The summed E-state index contributed by atoms with van der Waals surface area (Å²) in [5, 5.41) is 0. The predicted molar refractivity (Wildman–Crippen MR) is 75.0 cm³/mol. The van der Waals surface area contributed by atoms with Gasteiger partial charge in [-0.3, -0.25) is 0 Å². The number of aromatic nitrogens is 1. The summed E-state index contributed by atoms with van der Waals surface area (Å²) in [5.74, 6) is 2.27. The van der Waals surface area contributed by atoms with Crippen LogP contribution in [0.5, 0.6) is 5.88 Å². The Balaban J connectivity index is 2.14. The molecule has 1 aromatic heterocycles. The molecule has 0 amide bonds. The van der Waals surface area contributed by atoms with Gasteiger partial charge >= 0.3 is 0 Å². The molecule has 4 nitrogen and oxygen atoms in total. The lowest BCUT2D eigenvalue weighted by atomic mass is 9.86. The van der Waals surface area contributed by atoms with Crippen LogP contribution in [-0.4, -0.2) is 25.2 Å². The van der Waals surface area contributed by atoms with E-state index in [1.165, 1.54) is 25.7 Å². The highest BCUT2D eigenvalue weighted by Crippen LogP contribution is 2.30. The molecule has 0 radical (unpaired) electrons. The SMILES string of the molecule is COc1nc(N(C)C2CCCC(C)C2)ccc1N. The molecule has 1 saturated carbocycles. The van der Waals surface area contributed by atoms with Gasteiger partial charge in [0.25, 0.3) is 0 Å². The van der Waals surface area contributed by atoms with Crippen LogP contribution < -0.4 is 15.4 Å². The number of anilines is 2. The second kappa shape index (κ2) is 5.46. The number of hydrogen-bond acceptors (Lipinski definition) is 4. The highest BCUT2D eigenvalue weighted by atomic mass is 16.5. The first-order valence-electron chi connectivity index (χ1n) is 6.65. The van der Waals surface area contributed by atoms with E-state index < -0.39 is 0 Å². The lowest BCUT2D eigenvalue weighted by Crippen LogP contribution is -2.36. The zero-order chi connectivity index (χ0) is 13.1. The van der Waals surface area contributed by atoms with Gasteiger partial charge in [-0.25, -0.2) is 0 Å². The Labute approximate surface area is 109 Å². The molecule has 1 heterocycles. The summed E-state index contributed by atoms with van der Waals surface area (Å²) in [6.07, 6.45) is 5.14. The summed E-state index contributed by atoms with van der Waals surface area (Å²) in [6.45, 7) is 2.33. The van der Waals surface area contributed by atoms with Crippen molar-refractivity contribution in [2.45, 2.75) is 38.6 Å². The fraction of sp³-hybridized carbons (Fsp3) is 0.643. The van der Waals surface area contributed by atoms with Crippen molar-refractivity contribution in [3.8, 4) is 5.88 Å². The van der Waals surface area contributed by atoms with E-state index in [1.54, 1.807) is 7.11 Å². The average molecular weight is 249 g/mol. The molecule has 2 unspecified atom stereocenters. The number of nitrogens with two attached hydrogens (primary N) is 1. The summed E-state index contributed by atoms with van der Waals surface area (Å²) >= 11 is 0. The minimum atomic E-state index is 0.517. The lowest BCUT2D eigenvalue weighted by Gasteiger charge is -2.35. The number of rotatable bonds is 3. The third-order valence-electron chi connectivity index (χ3n) is 3.89. The molecule has 0 aromatic carbocycles. The van der Waals surface area contributed by atoms with Crippen molar-refractivity contribution in [2.24, 2.45) is 5.92 Å². The topological polar surface area (TPSA) is 51.4 Å². The second-order valence-electron chi connectivity index (χ2n) is 5.30. The second-order valence-corrected chi connectivity index (χ2v) is 5.30. The minimum absolute atomic E-state index is 0.517. The van der Waals surface area contributed by atoms with Gasteiger partial charge in [0.15, 0.2) is 0 Å². The van der Waals surface area contributed by atoms with Gasteiger partial charge in [-0.1, -0.05) is 19.8 Å². The van der Waals surface area contributed by atoms with Crippen molar-refractivity contribution in [2.75, 3.05) is 24.8 Å². The average Bonchev–Trinajstić information content (AvgIpc) is 2.38. The van der Waals surface area contributed by atoms with E-state index in [0.29, 0.717) is 17.6 Å². The van der Waals surface area contributed by atoms with Crippen molar-refractivity contribution in [3.05, 3.63) is 12.1 Å². The van der Waals surface area contributed by atoms with Crippen LogP contribution in [-0.2, 0) is 0 Å². The molecular weight excluding hydrogens is 226 g/mol. The Bertz CT molecular complexity index is 408. The van der Waals surface area contributed by atoms with Crippen LogP contribution in [0.2, 0.25) is 0 Å². The van der Waals surface area contributed by atoms with E-state index in [2.05, 4.69) is 23.9 Å². The Hall–Kier alpha value is -1.45. The van der Waals surface area contributed by atoms with Gasteiger partial charge in [0.1, 0.15) is 5.82 Å². The zero-order valence-electron chi connectivity index (χ0n) is 11.5. The van der Waals surface area contributed by atoms with E-state index in [4.69, 9.17) is 10.5 Å². The molecule has 1 aliphatic rings. The zero-order valence-corrected chi connectivity index (χ0v) is 11.5. The van der Waals surface area contributed by atoms with Gasteiger partial charge < -0.3 is 15.4 Å². The quantitative estimate of drug-likeness (QED) is 0.895. The lowest BCUT2D eigenvalue weighted by molar-refractivity contribution is 0.334. The van der Waals surface area contributed by atoms with Crippen molar-refractivity contribution in [3.63, 3.8) is 0 Å². The Morgan fingerprint density at radius 2 is 2.17 bits per heavy atom. The van der Waals surface area contributed by atoms with Crippen LogP contribution >= 0.6 is 0 Å². The molecule has 2 N–H and O–H groups in total. The monoisotopic (exact) mass is 249 g/mol. The molecule has 4 heteroatoms. The number of pyridine rings is 1. The standard InChI is InChI=1S/C14H23N3O/c1-10-5-4-6-11(9-10)17(2)13-8-7-12(15)14(16-13)18-3/h7-8,10-11H,4-6,9,15H2,1-3H3. The molecule has 2 atom stereocenters. The number of hydrogen-bond donors (Lipinski definition) is 1. The van der Waals surface area contributed by atoms with Crippen LogP contribution in [0.4, 0.5) is 11.5 Å². The third kappa shape index (κ3) is 2.68. The fourth-order valence-electron chi connectivity index (χ4n) is 2.74. The summed E-state index contributed by atoms with van der Waals surface area (Å²) in [5.41, 5.74) is 6.38. The molecule has 18 heavy (non-hydrogen) atoms. The molecule has 0 bridgehead atoms. The van der Waals surface area contributed by atoms with E-state index in [1.807, 2.05) is 12.1 Å². The molecule has 0 aliphatic heterocycles. The van der Waals surface area contributed by atoms with E-state index in [9.17, 15) is 0 Å². The molecule has 0 saturated heterocycles. The third-order valence-corrected chi connectivity index (χ3v) is 3.89. The van der Waals surface area contributed by atoms with Gasteiger partial charge in [-0.05, 0) is 30.9 Å². The van der Waals surface area contributed by atoms with Crippen LogP contribution in [0.3, 0.4) is 0 Å². The fourth-order valence-corrected chi connectivity index (χ4v) is 2.74. The molecule has 100 valence electrons. The Kier molecular flexibility index (Phi) is 3.94. The molecule has 1 fully saturated rings. The van der Waals surface area contributed by atoms with Crippen molar-refractivity contribution >= 4 is 11.5 Å². The maximum atomic E-state index is 5.79. The first kappa shape index (κ1) is 13.0. The number of nitrogen functional groups attached to an aromatic ring is 1. The van der Waals surface area contributed by atoms with Gasteiger partial charge in [-0.2, -0.15) is 4.98 Å². The summed E-state index contributed by atoms with van der Waals surface area (Å²) in [6, 6.07) is 4.41. The minimum Gasteiger partial charge on any atom is -0.479 e. The first-order chi connectivity index (χ1) is 8.61. The maximum Gasteiger partial charge on any atom is 0.238 e. The number of nitrogens with zero attached hydrogens (tertiary/aromatic N) is 2. The van der Waals surface area contributed by atoms with E-state index >= 15 is 0 Å². The first-order valence-corrected chi connectivity index (χ1v) is 6.65. The summed E-state index contributed by atoms with van der Waals surface area (Å²) < 4.78 is 5.18. The Morgan fingerprint density at radius 1 is 1.39 bits per heavy atom. The Morgan fingerprint density at radius 3 is 2.83 bits per heavy atom. The van der Waals surface area contributed by atoms with Gasteiger partial charge in [0, 0.05) is 13.1 Å². The van der Waals surface area contributed by atoms with E-state index in [0.717, 1.165) is 11.7 Å². The highest BCUT2D eigenvalue weighted by molar-refractivity contribution is 5.54. The largest absolute Gasteiger partial charge is 0.479 e. The van der Waals surface area contributed by atoms with Crippen LogP contribution in [0, 0.1) is 5.92 Å². The van der Waals surface area contributed by atoms with Crippen molar-refractivity contribution < 1.29 is 4.74 Å². The van der Waals surface area contributed by atoms with Crippen LogP contribution in [0.1, 0.15) is 32.6 Å². The van der Waals surface area contributed by atoms with Crippen LogP contribution in [0.15, 0.2) is 12.1 Å². The predicted octanol–water partition coefficient (Wildman–Crippen LogP) is 2.69. The smallest absolute Gasteiger partial charge is 0.238 e. The molecule has 0 spiro atoms. The van der Waals surface area contributed by atoms with Gasteiger partial charge in [0.2, 0.25) is 5.88 Å². The molecule has 1 aromatic rings. The summed E-state index contributed by atoms with van der Waals surface area (Å²) in [7, 11) is 3.71. The van der Waals surface area contributed by atoms with Gasteiger partial charge in [-0.15, -0.1) is 0 Å². The number of ether oxygens (including phenoxy) is 1.